The molecular weight excluding hydrogens is 410 g/mol. The third kappa shape index (κ3) is 4.92. The van der Waals surface area contributed by atoms with Gasteiger partial charge in [-0.05, 0) is 31.5 Å². The van der Waals surface area contributed by atoms with Crippen molar-refractivity contribution in [1.29, 1.82) is 0 Å². The summed E-state index contributed by atoms with van der Waals surface area (Å²) in [6, 6.07) is 16.7. The fourth-order valence-corrected chi connectivity index (χ4v) is 4.10. The monoisotopic (exact) mass is 431 g/mol. The number of aromatic nitrogens is 4. The van der Waals surface area contributed by atoms with Crippen LogP contribution in [0.15, 0.2) is 71.8 Å². The van der Waals surface area contributed by atoms with Gasteiger partial charge in [0.1, 0.15) is 9.88 Å². The molecule has 8 heteroatoms. The van der Waals surface area contributed by atoms with E-state index in [1.807, 2.05) is 49.4 Å². The van der Waals surface area contributed by atoms with Crippen LogP contribution in [-0.4, -0.2) is 32.2 Å². The first-order valence-corrected chi connectivity index (χ1v) is 10.7. The molecule has 0 aliphatic carbocycles. The van der Waals surface area contributed by atoms with Crippen LogP contribution in [0.5, 0.6) is 0 Å². The lowest BCUT2D eigenvalue weighted by Gasteiger charge is -2.08. The van der Waals surface area contributed by atoms with Crippen LogP contribution in [0, 0.1) is 6.92 Å². The summed E-state index contributed by atoms with van der Waals surface area (Å²) in [5.74, 6) is -0.150. The first-order valence-electron chi connectivity index (χ1n) is 9.91. The van der Waals surface area contributed by atoms with E-state index in [1.54, 1.807) is 18.5 Å². The molecule has 0 saturated carbocycles. The van der Waals surface area contributed by atoms with Crippen LogP contribution in [0.3, 0.4) is 0 Å². The van der Waals surface area contributed by atoms with Crippen molar-refractivity contribution in [3.8, 4) is 21.8 Å². The van der Waals surface area contributed by atoms with Crippen molar-refractivity contribution < 1.29 is 4.79 Å². The molecule has 4 rings (SSSR count). The van der Waals surface area contributed by atoms with Crippen molar-refractivity contribution in [3.63, 3.8) is 0 Å². The number of pyridine rings is 1. The van der Waals surface area contributed by atoms with Gasteiger partial charge in [-0.15, -0.1) is 11.3 Å². The predicted octanol–water partition coefficient (Wildman–Crippen LogP) is 3.56. The molecule has 0 spiro atoms. The molecule has 3 heterocycles. The molecule has 0 radical (unpaired) electrons. The highest BCUT2D eigenvalue weighted by Gasteiger charge is 2.15. The number of hydrogen-bond donors (Lipinski definition) is 1. The van der Waals surface area contributed by atoms with E-state index in [4.69, 9.17) is 0 Å². The first-order chi connectivity index (χ1) is 15.1. The summed E-state index contributed by atoms with van der Waals surface area (Å²) in [4.78, 5) is 33.9. The number of aryl methyl sites for hydroxylation is 2. The zero-order valence-corrected chi connectivity index (χ0v) is 17.8. The van der Waals surface area contributed by atoms with E-state index in [0.717, 1.165) is 16.1 Å². The number of nitrogens with zero attached hydrogens (tertiary/aromatic N) is 4. The van der Waals surface area contributed by atoms with Gasteiger partial charge in [0.05, 0.1) is 11.4 Å². The van der Waals surface area contributed by atoms with Gasteiger partial charge in [0.25, 0.3) is 11.5 Å². The minimum atomic E-state index is -0.171. The Morgan fingerprint density at radius 2 is 1.81 bits per heavy atom. The lowest BCUT2D eigenvalue weighted by Crippen LogP contribution is -2.28. The lowest BCUT2D eigenvalue weighted by molar-refractivity contribution is 0.0956. The molecular formula is C23H21N5O2S. The highest BCUT2D eigenvalue weighted by atomic mass is 32.1. The molecule has 31 heavy (non-hydrogen) atoms. The number of carbonyl (C=O) groups excluding carboxylic acids is 1. The average molecular weight is 432 g/mol. The number of nitrogens with one attached hydrogen (secondary N) is 1. The third-order valence-corrected chi connectivity index (χ3v) is 5.90. The van der Waals surface area contributed by atoms with Gasteiger partial charge >= 0.3 is 0 Å². The van der Waals surface area contributed by atoms with Crippen LogP contribution in [-0.2, 0) is 6.54 Å². The van der Waals surface area contributed by atoms with E-state index in [0.29, 0.717) is 35.8 Å². The maximum absolute atomic E-state index is 12.6. The summed E-state index contributed by atoms with van der Waals surface area (Å²) in [5, 5.41) is 8.17. The molecule has 1 aromatic carbocycles. The Morgan fingerprint density at radius 1 is 1.03 bits per heavy atom. The van der Waals surface area contributed by atoms with E-state index < -0.39 is 0 Å². The number of carbonyl (C=O) groups is 1. The number of rotatable bonds is 7. The van der Waals surface area contributed by atoms with Crippen molar-refractivity contribution in [1.82, 2.24) is 25.1 Å². The van der Waals surface area contributed by atoms with Crippen LogP contribution < -0.4 is 10.9 Å². The van der Waals surface area contributed by atoms with Gasteiger partial charge in [0, 0.05) is 42.7 Å². The van der Waals surface area contributed by atoms with Crippen molar-refractivity contribution in [2.24, 2.45) is 0 Å². The second-order valence-electron chi connectivity index (χ2n) is 6.92. The Bertz CT molecular complexity index is 1240. The lowest BCUT2D eigenvalue weighted by atomic mass is 10.2. The molecule has 0 atom stereocenters. The molecule has 0 unspecified atom stereocenters. The molecule has 0 fully saturated rings. The first kappa shape index (κ1) is 20.6. The topological polar surface area (TPSA) is 89.8 Å². The smallest absolute Gasteiger partial charge is 0.266 e. The highest BCUT2D eigenvalue weighted by Crippen LogP contribution is 2.27. The minimum absolute atomic E-state index is 0.150. The Morgan fingerprint density at radius 3 is 2.58 bits per heavy atom. The van der Waals surface area contributed by atoms with E-state index >= 15 is 0 Å². The van der Waals surface area contributed by atoms with Crippen LogP contribution in [0.25, 0.3) is 21.8 Å². The van der Waals surface area contributed by atoms with Crippen molar-refractivity contribution in [2.75, 3.05) is 6.54 Å². The van der Waals surface area contributed by atoms with Gasteiger partial charge in [0.15, 0.2) is 0 Å². The summed E-state index contributed by atoms with van der Waals surface area (Å²) in [5.41, 5.74) is 3.14. The van der Waals surface area contributed by atoms with Gasteiger partial charge < -0.3 is 5.32 Å². The van der Waals surface area contributed by atoms with Crippen LogP contribution in [0.2, 0.25) is 0 Å². The van der Waals surface area contributed by atoms with Crippen molar-refractivity contribution in [3.05, 3.63) is 87.9 Å². The largest absolute Gasteiger partial charge is 0.351 e. The molecule has 1 amide bonds. The quantitative estimate of drug-likeness (QED) is 0.452. The number of benzene rings is 1. The molecule has 3 aromatic heterocycles. The summed E-state index contributed by atoms with van der Waals surface area (Å²) in [7, 11) is 0. The number of thiazole rings is 1. The molecule has 0 aliphatic rings. The Hall–Kier alpha value is -3.65. The maximum Gasteiger partial charge on any atom is 0.266 e. The fourth-order valence-electron chi connectivity index (χ4n) is 3.11. The predicted molar refractivity (Wildman–Crippen MR) is 121 cm³/mol. The molecule has 0 bridgehead atoms. The van der Waals surface area contributed by atoms with Gasteiger partial charge in [-0.2, -0.15) is 5.10 Å². The number of amides is 1. The van der Waals surface area contributed by atoms with Gasteiger partial charge in [-0.25, -0.2) is 9.67 Å². The molecule has 1 N–H and O–H groups in total. The standard InChI is InChI=1S/C23H21N5O2S/c1-16-21(31-23(26-16)18-6-3-2-4-7-18)22(30)25-12-5-15-28-20(29)9-8-19(27-28)17-10-13-24-14-11-17/h2-4,6-11,13-14H,5,12,15H2,1H3,(H,25,30). The van der Waals surface area contributed by atoms with Crippen LogP contribution in [0.4, 0.5) is 0 Å². The summed E-state index contributed by atoms with van der Waals surface area (Å²) < 4.78 is 1.42. The van der Waals surface area contributed by atoms with E-state index in [2.05, 4.69) is 20.4 Å². The third-order valence-electron chi connectivity index (χ3n) is 4.70. The normalized spacial score (nSPS) is 10.7. The van der Waals surface area contributed by atoms with Crippen molar-refractivity contribution >= 4 is 17.2 Å². The van der Waals surface area contributed by atoms with E-state index in [-0.39, 0.29) is 11.5 Å². The van der Waals surface area contributed by atoms with Crippen molar-refractivity contribution in [2.45, 2.75) is 19.9 Å². The Labute approximate surface area is 183 Å². The fraction of sp³-hybridized carbons (Fsp3) is 0.174. The molecule has 4 aromatic rings. The summed E-state index contributed by atoms with van der Waals surface area (Å²) in [6.45, 7) is 2.69. The SMILES string of the molecule is Cc1nc(-c2ccccc2)sc1C(=O)NCCCn1nc(-c2ccncc2)ccc1=O. The van der Waals surface area contributed by atoms with E-state index in [9.17, 15) is 9.59 Å². The Balaban J connectivity index is 1.36. The second-order valence-corrected chi connectivity index (χ2v) is 7.92. The molecule has 7 nitrogen and oxygen atoms in total. The maximum atomic E-state index is 12.6. The zero-order valence-electron chi connectivity index (χ0n) is 17.0. The van der Waals surface area contributed by atoms with Gasteiger partial charge in [-0.1, -0.05) is 30.3 Å². The van der Waals surface area contributed by atoms with Gasteiger partial charge in [-0.3, -0.25) is 14.6 Å². The minimum Gasteiger partial charge on any atom is -0.351 e. The molecule has 0 aliphatic heterocycles. The number of hydrogen-bond acceptors (Lipinski definition) is 6. The average Bonchev–Trinajstić information content (AvgIpc) is 3.20. The summed E-state index contributed by atoms with van der Waals surface area (Å²) >= 11 is 1.38. The Kier molecular flexibility index (Phi) is 6.28. The van der Waals surface area contributed by atoms with Gasteiger partial charge in [0.2, 0.25) is 0 Å². The molecule has 0 saturated heterocycles. The second kappa shape index (κ2) is 9.44. The van der Waals surface area contributed by atoms with Crippen LogP contribution in [0.1, 0.15) is 21.8 Å². The zero-order chi connectivity index (χ0) is 21.6. The van der Waals surface area contributed by atoms with E-state index in [1.165, 1.54) is 22.1 Å². The van der Waals surface area contributed by atoms with Crippen LogP contribution >= 0.6 is 11.3 Å². The molecule has 156 valence electrons. The summed E-state index contributed by atoms with van der Waals surface area (Å²) in [6.07, 6.45) is 3.96. The highest BCUT2D eigenvalue weighted by molar-refractivity contribution is 7.17.